The van der Waals surface area contributed by atoms with Crippen LogP contribution in [0.4, 0.5) is 14.5 Å². The van der Waals surface area contributed by atoms with Gasteiger partial charge in [-0.1, -0.05) is 0 Å². The first-order valence-electron chi connectivity index (χ1n) is 4.97. The van der Waals surface area contributed by atoms with Gasteiger partial charge in [-0.25, -0.2) is 17.2 Å². The molecule has 0 aliphatic heterocycles. The Bertz CT molecular complexity index is 533. The predicted molar refractivity (Wildman–Crippen MR) is 61.9 cm³/mol. The molecule has 0 aromatic heterocycles. The minimum atomic E-state index is -3.85. The van der Waals surface area contributed by atoms with Crippen molar-refractivity contribution < 1.29 is 27.0 Å². The molecule has 0 aliphatic carbocycles. The lowest BCUT2D eigenvalue weighted by molar-refractivity contribution is 0.136. The molecular weight excluding hydrogens is 268 g/mol. The van der Waals surface area contributed by atoms with E-state index in [1.54, 1.807) is 0 Å². The van der Waals surface area contributed by atoms with Crippen molar-refractivity contribution in [1.82, 2.24) is 0 Å². The molecule has 0 saturated carbocycles. The second-order valence-electron chi connectivity index (χ2n) is 3.69. The van der Waals surface area contributed by atoms with Crippen molar-refractivity contribution in [3.8, 4) is 5.75 Å². The Morgan fingerprint density at radius 1 is 1.44 bits per heavy atom. The summed E-state index contributed by atoms with van der Waals surface area (Å²) in [6, 6.07) is 1.65. The van der Waals surface area contributed by atoms with Crippen LogP contribution in [0.15, 0.2) is 12.1 Å². The van der Waals surface area contributed by atoms with E-state index in [9.17, 15) is 17.2 Å². The molecular formula is C10H13F2NO4S. The Hall–Kier alpha value is -1.41. The van der Waals surface area contributed by atoms with Crippen LogP contribution in [0.2, 0.25) is 0 Å². The normalized spacial score (nSPS) is 13.3. The minimum absolute atomic E-state index is 0.388. The number of phenols is 1. The van der Waals surface area contributed by atoms with E-state index in [0.717, 1.165) is 12.1 Å². The van der Waals surface area contributed by atoms with E-state index >= 15 is 0 Å². The first kappa shape index (κ1) is 14.7. The second-order valence-corrected chi connectivity index (χ2v) is 5.45. The summed E-state index contributed by atoms with van der Waals surface area (Å²) in [6.45, 7) is 1.53. The number of halogens is 2. The molecule has 1 aromatic carbocycles. The topological polar surface area (TPSA) is 75.6 Å². The Morgan fingerprint density at radius 3 is 2.61 bits per heavy atom. The highest BCUT2D eigenvalue weighted by Gasteiger charge is 2.19. The van der Waals surface area contributed by atoms with E-state index in [2.05, 4.69) is 0 Å². The SMILES string of the molecule is COC(C)CS(=O)(=O)Nc1ccc(F)c(O)c1F. The lowest BCUT2D eigenvalue weighted by Gasteiger charge is -2.13. The molecule has 1 aromatic rings. The molecule has 1 rings (SSSR count). The van der Waals surface area contributed by atoms with Gasteiger partial charge < -0.3 is 9.84 Å². The van der Waals surface area contributed by atoms with Crippen molar-refractivity contribution in [2.45, 2.75) is 13.0 Å². The number of phenolic OH excluding ortho intramolecular Hbond substituents is 1. The number of aromatic hydroxyl groups is 1. The zero-order chi connectivity index (χ0) is 13.9. The summed E-state index contributed by atoms with van der Waals surface area (Å²) in [5.41, 5.74) is -0.516. The molecule has 5 nitrogen and oxygen atoms in total. The van der Waals surface area contributed by atoms with Gasteiger partial charge in [0.1, 0.15) is 0 Å². The molecule has 0 fully saturated rings. The average molecular weight is 281 g/mol. The zero-order valence-electron chi connectivity index (χ0n) is 9.78. The third-order valence-corrected chi connectivity index (χ3v) is 3.63. The van der Waals surface area contributed by atoms with Crippen molar-refractivity contribution in [2.75, 3.05) is 17.6 Å². The third kappa shape index (κ3) is 3.54. The monoisotopic (exact) mass is 281 g/mol. The number of hydrogen-bond acceptors (Lipinski definition) is 4. The Morgan fingerprint density at radius 2 is 2.06 bits per heavy atom. The van der Waals surface area contributed by atoms with Crippen LogP contribution in [-0.4, -0.2) is 32.5 Å². The first-order chi connectivity index (χ1) is 8.26. The number of nitrogens with one attached hydrogen (secondary N) is 1. The van der Waals surface area contributed by atoms with Crippen molar-refractivity contribution in [3.05, 3.63) is 23.8 Å². The number of anilines is 1. The fourth-order valence-corrected chi connectivity index (χ4v) is 2.54. The Kier molecular flexibility index (Phi) is 4.47. The standard InChI is InChI=1S/C10H13F2NO4S/c1-6(17-2)5-18(15,16)13-8-4-3-7(11)10(14)9(8)12/h3-4,6,13-14H,5H2,1-2H3. The summed E-state index contributed by atoms with van der Waals surface area (Å²) >= 11 is 0. The minimum Gasteiger partial charge on any atom is -0.503 e. The number of ether oxygens (including phenoxy) is 1. The van der Waals surface area contributed by atoms with Gasteiger partial charge in [-0.15, -0.1) is 0 Å². The molecule has 1 atom stereocenters. The molecule has 0 heterocycles. The largest absolute Gasteiger partial charge is 0.503 e. The summed E-state index contributed by atoms with van der Waals surface area (Å²) in [5, 5.41) is 9.00. The van der Waals surface area contributed by atoms with E-state index in [0.29, 0.717) is 0 Å². The smallest absolute Gasteiger partial charge is 0.235 e. The van der Waals surface area contributed by atoms with Gasteiger partial charge in [0.15, 0.2) is 17.4 Å². The van der Waals surface area contributed by atoms with Crippen LogP contribution in [0.1, 0.15) is 6.92 Å². The first-order valence-corrected chi connectivity index (χ1v) is 6.62. The highest BCUT2D eigenvalue weighted by molar-refractivity contribution is 7.92. The molecule has 0 bridgehead atoms. The zero-order valence-corrected chi connectivity index (χ0v) is 10.6. The van der Waals surface area contributed by atoms with E-state index in [-0.39, 0.29) is 5.75 Å². The van der Waals surface area contributed by atoms with Gasteiger partial charge in [0.2, 0.25) is 10.0 Å². The molecule has 8 heteroatoms. The van der Waals surface area contributed by atoms with Crippen LogP contribution >= 0.6 is 0 Å². The average Bonchev–Trinajstić information content (AvgIpc) is 2.29. The van der Waals surface area contributed by atoms with Crippen molar-refractivity contribution >= 4 is 15.7 Å². The number of hydrogen-bond donors (Lipinski definition) is 2. The fourth-order valence-electron chi connectivity index (χ4n) is 1.21. The van der Waals surface area contributed by atoms with Crippen LogP contribution in [0.25, 0.3) is 0 Å². The van der Waals surface area contributed by atoms with Gasteiger partial charge in [-0.05, 0) is 19.1 Å². The van der Waals surface area contributed by atoms with Gasteiger partial charge in [0, 0.05) is 7.11 Å². The Balaban J connectivity index is 2.95. The maximum Gasteiger partial charge on any atom is 0.235 e. The molecule has 0 saturated heterocycles. The third-order valence-electron chi connectivity index (χ3n) is 2.19. The van der Waals surface area contributed by atoms with Crippen molar-refractivity contribution in [1.29, 1.82) is 0 Å². The molecule has 1 unspecified atom stereocenters. The van der Waals surface area contributed by atoms with E-state index in [1.807, 2.05) is 4.72 Å². The maximum atomic E-state index is 13.4. The highest BCUT2D eigenvalue weighted by Crippen LogP contribution is 2.27. The summed E-state index contributed by atoms with van der Waals surface area (Å²) < 4.78 is 56.0. The fraction of sp³-hybridized carbons (Fsp3) is 0.400. The lowest BCUT2D eigenvalue weighted by atomic mass is 10.3. The number of methoxy groups -OCH3 is 1. The quantitative estimate of drug-likeness (QED) is 0.856. The van der Waals surface area contributed by atoms with Gasteiger partial charge in [0.05, 0.1) is 17.5 Å². The van der Waals surface area contributed by atoms with Gasteiger partial charge in [-0.3, -0.25) is 4.72 Å². The summed E-state index contributed by atoms with van der Waals surface area (Å²) in [6.07, 6.45) is -0.584. The number of benzene rings is 1. The summed E-state index contributed by atoms with van der Waals surface area (Å²) in [5.74, 6) is -4.14. The molecule has 0 radical (unpaired) electrons. The molecule has 0 aliphatic rings. The van der Waals surface area contributed by atoms with Gasteiger partial charge in [0.25, 0.3) is 0 Å². The molecule has 0 amide bonds. The summed E-state index contributed by atoms with van der Waals surface area (Å²) in [7, 11) is -2.51. The summed E-state index contributed by atoms with van der Waals surface area (Å²) in [4.78, 5) is 0. The van der Waals surface area contributed by atoms with Crippen LogP contribution in [0, 0.1) is 11.6 Å². The lowest BCUT2D eigenvalue weighted by Crippen LogP contribution is -2.25. The van der Waals surface area contributed by atoms with Crippen LogP contribution in [-0.2, 0) is 14.8 Å². The number of sulfonamides is 1. The molecule has 2 N–H and O–H groups in total. The van der Waals surface area contributed by atoms with Gasteiger partial charge >= 0.3 is 0 Å². The van der Waals surface area contributed by atoms with E-state index < -0.39 is 39.2 Å². The maximum absolute atomic E-state index is 13.4. The highest BCUT2D eigenvalue weighted by atomic mass is 32.2. The molecule has 102 valence electrons. The van der Waals surface area contributed by atoms with Crippen molar-refractivity contribution in [3.63, 3.8) is 0 Å². The van der Waals surface area contributed by atoms with Crippen LogP contribution < -0.4 is 4.72 Å². The van der Waals surface area contributed by atoms with Gasteiger partial charge in [-0.2, -0.15) is 0 Å². The van der Waals surface area contributed by atoms with Crippen LogP contribution in [0.3, 0.4) is 0 Å². The predicted octanol–water partition coefficient (Wildman–Crippen LogP) is 1.45. The van der Waals surface area contributed by atoms with Crippen LogP contribution in [0.5, 0.6) is 5.75 Å². The van der Waals surface area contributed by atoms with E-state index in [4.69, 9.17) is 9.84 Å². The Labute approximate surface area is 103 Å². The second kappa shape index (κ2) is 5.49. The molecule has 18 heavy (non-hydrogen) atoms. The molecule has 0 spiro atoms. The van der Waals surface area contributed by atoms with Crippen molar-refractivity contribution in [2.24, 2.45) is 0 Å². The number of rotatable bonds is 5. The van der Waals surface area contributed by atoms with E-state index in [1.165, 1.54) is 14.0 Å².